The second kappa shape index (κ2) is 46.0. The largest absolute Gasteiger partial charge is 0.489 e. The van der Waals surface area contributed by atoms with E-state index >= 15 is 0 Å². The maximum Gasteiger partial charge on any atom is 0.225 e. The number of halogens is 7. The van der Waals surface area contributed by atoms with E-state index in [4.69, 9.17) is 106 Å². The number of nitrogens with one attached hydrogen (secondary N) is 3. The van der Waals surface area contributed by atoms with Crippen molar-refractivity contribution in [1.82, 2.24) is 35.6 Å². The van der Waals surface area contributed by atoms with Crippen LogP contribution in [-0.4, -0.2) is 224 Å². The lowest BCUT2D eigenvalue weighted by molar-refractivity contribution is -0.127. The average Bonchev–Trinajstić information content (AvgIpc) is 1.72. The Morgan fingerprint density at radius 3 is 0.780 bits per heavy atom. The molecule has 7 aliphatic heterocycles. The third-order valence-corrected chi connectivity index (χ3v) is 27.8. The smallest absolute Gasteiger partial charge is 0.225 e. The summed E-state index contributed by atoms with van der Waals surface area (Å²) in [5.41, 5.74) is 12.2. The Bertz CT molecular complexity index is 4320. The van der Waals surface area contributed by atoms with Crippen LogP contribution in [-0.2, 0) is 14.4 Å². The highest BCUT2D eigenvalue weighted by atomic mass is 35.5. The zero-order chi connectivity index (χ0) is 87.9. The van der Waals surface area contributed by atoms with Crippen molar-refractivity contribution in [2.45, 2.75) is 202 Å². The number of amides is 3. The van der Waals surface area contributed by atoms with E-state index in [-0.39, 0.29) is 67.3 Å². The summed E-state index contributed by atoms with van der Waals surface area (Å²) in [5, 5.41) is 58.1. The van der Waals surface area contributed by atoms with Crippen LogP contribution >= 0.6 is 81.2 Å². The number of anilines is 3. The minimum atomic E-state index is -0.860. The summed E-state index contributed by atoms with van der Waals surface area (Å²) in [6.07, 6.45) is 18.0. The molecule has 11 fully saturated rings. The van der Waals surface area contributed by atoms with Crippen molar-refractivity contribution in [3.8, 4) is 23.0 Å². The fourth-order valence-corrected chi connectivity index (χ4v) is 19.2. The fraction of sp³-hybridized carbons (Fsp3) is 0.541. The van der Waals surface area contributed by atoms with Crippen LogP contribution in [0.1, 0.15) is 176 Å². The Balaban J connectivity index is 0.000000139. The highest BCUT2D eigenvalue weighted by Crippen LogP contribution is 2.41. The van der Waals surface area contributed by atoms with Crippen molar-refractivity contribution in [1.29, 1.82) is 0 Å². The van der Waals surface area contributed by atoms with Crippen LogP contribution in [0, 0.1) is 17.8 Å². The summed E-state index contributed by atoms with van der Waals surface area (Å²) in [4.78, 5) is 55.8. The van der Waals surface area contributed by atoms with Gasteiger partial charge in [-0.2, -0.15) is 0 Å². The summed E-state index contributed by atoms with van der Waals surface area (Å²) < 4.78 is 23.2. The van der Waals surface area contributed by atoms with E-state index in [0.29, 0.717) is 120 Å². The van der Waals surface area contributed by atoms with E-state index in [0.717, 1.165) is 210 Å². The molecule has 29 heteroatoms. The first-order valence-corrected chi connectivity index (χ1v) is 48.3. The van der Waals surface area contributed by atoms with Gasteiger partial charge < -0.3 is 95.4 Å². The number of rotatable bonds is 33. The maximum atomic E-state index is 13.3. The molecule has 7 aromatic rings. The molecule has 0 radical (unpaired) electrons. The van der Waals surface area contributed by atoms with Crippen molar-refractivity contribution >= 4 is 116 Å². The highest BCUT2D eigenvalue weighted by molar-refractivity contribution is 6.33. The van der Waals surface area contributed by atoms with Crippen LogP contribution in [0.4, 0.5) is 17.1 Å². The molecular weight excluding hydrogens is 1760 g/mol. The predicted octanol–water partition coefficient (Wildman–Crippen LogP) is 17.0. The van der Waals surface area contributed by atoms with Gasteiger partial charge in [0.2, 0.25) is 17.7 Å². The lowest BCUT2D eigenvalue weighted by Gasteiger charge is -2.30. The Morgan fingerprint density at radius 2 is 0.551 bits per heavy atom. The van der Waals surface area contributed by atoms with E-state index in [1.165, 1.54) is 12.8 Å². The van der Waals surface area contributed by atoms with Crippen LogP contribution < -0.4 is 55.3 Å². The quantitative estimate of drug-likeness (QED) is 0.0190. The highest BCUT2D eigenvalue weighted by Gasteiger charge is 2.39. The molecule has 11 atom stereocenters. The number of hydrogen-bond acceptors (Lipinski definition) is 19. The summed E-state index contributed by atoms with van der Waals surface area (Å²) in [5.74, 6) is 2.24. The van der Waals surface area contributed by atoms with Gasteiger partial charge in [-0.25, -0.2) is 0 Å². The van der Waals surface area contributed by atoms with Crippen molar-refractivity contribution in [2.24, 2.45) is 23.5 Å². The lowest BCUT2D eigenvalue weighted by atomic mass is 10.00. The van der Waals surface area contributed by atoms with Crippen molar-refractivity contribution in [3.05, 3.63) is 203 Å². The molecule has 688 valence electrons. The minimum Gasteiger partial charge on any atom is -0.489 e. The number of likely N-dealkylation sites (tertiary alicyclic amines) is 4. The summed E-state index contributed by atoms with van der Waals surface area (Å²) in [6.45, 7) is 15.0. The predicted molar refractivity (Wildman–Crippen MR) is 509 cm³/mol. The Morgan fingerprint density at radius 1 is 0.323 bits per heavy atom. The number of ether oxygens (including phenoxy) is 4. The SMILES string of the molecule is C.N[C@H](CN1CCCC1)[C@H](O)c1ccc(OC2CC2)c(Cl)c1.O=C(N[C@H](CN1CCCC1)[C@H](O)c1ccc(OC2CC2)c(Cl)c1)C1CCN(c2ccc(Cl)cc2)C1.O=C(N[C@H](CN1CCCC1)[C@H](O)c1ccc(OC2CC2)c(Cl)c1)[C@@H]1CCN(c2ccc(Cl)cc2)C1.O=C(N[C@H](CN1CCCC1)[C@H](O)c1ccc(OC2CC2)c(Cl)c1)[C@H]1CCN(c2ccc(Cl)cc2)C1. The number of nitrogens with two attached hydrogens (primary N) is 1. The second-order valence-electron chi connectivity index (χ2n) is 36.1. The van der Waals surface area contributed by atoms with Crippen molar-refractivity contribution < 1.29 is 53.8 Å². The monoisotopic (exact) mass is 1880 g/mol. The molecule has 7 aromatic carbocycles. The molecule has 127 heavy (non-hydrogen) atoms. The Kier molecular flexibility index (Phi) is 34.9. The van der Waals surface area contributed by atoms with E-state index < -0.39 is 42.5 Å². The molecule has 0 aromatic heterocycles. The lowest BCUT2D eigenvalue weighted by Crippen LogP contribution is -2.48. The van der Waals surface area contributed by atoms with Gasteiger partial charge in [-0.1, -0.05) is 113 Å². The molecule has 22 nitrogen and oxygen atoms in total. The Labute approximate surface area is 784 Å². The third-order valence-electron chi connectivity index (χ3n) is 25.9. The number of benzene rings is 7. The van der Waals surface area contributed by atoms with E-state index in [1.54, 1.807) is 24.3 Å². The number of aliphatic hydroxyl groups is 4. The van der Waals surface area contributed by atoms with Crippen LogP contribution in [0.15, 0.2) is 146 Å². The van der Waals surface area contributed by atoms with Gasteiger partial charge in [0, 0.05) is 104 Å². The minimum absolute atomic E-state index is 0. The topological polar surface area (TPSA) is 254 Å². The molecule has 9 N–H and O–H groups in total. The summed E-state index contributed by atoms with van der Waals surface area (Å²) in [6, 6.07) is 43.4. The van der Waals surface area contributed by atoms with Crippen molar-refractivity contribution in [2.75, 3.05) is 133 Å². The summed E-state index contributed by atoms with van der Waals surface area (Å²) in [7, 11) is 0. The van der Waals surface area contributed by atoms with Gasteiger partial charge in [-0.05, 0) is 318 Å². The molecule has 11 aliphatic rings. The number of carbonyl (C=O) groups excluding carboxylic acids is 3. The van der Waals surface area contributed by atoms with Gasteiger partial charge in [0.25, 0.3) is 0 Å². The molecule has 4 aliphatic carbocycles. The number of carbonyl (C=O) groups is 3. The molecule has 0 spiro atoms. The van der Waals surface area contributed by atoms with Crippen LogP contribution in [0.5, 0.6) is 23.0 Å². The van der Waals surface area contributed by atoms with Gasteiger partial charge in [0.05, 0.1) is 86.5 Å². The molecule has 1 unspecified atom stereocenters. The number of hydrogen-bond donors (Lipinski definition) is 8. The molecule has 7 heterocycles. The standard InChI is InChI=1S/3C27H33Cl2N3O3.C16H23ClN2O2.CH4/c3*28-20-4-6-21(7-5-20)32-14-11-19(16-32)27(34)30-24(17-31-12-1-2-13-31)26(33)18-3-10-25(23(29)15-18)35-22-8-9-22;17-13-9-11(3-6-15(13)21-12-4-5-12)16(20)14(18)10-19-7-1-2-8-19;/h3*3-7,10,15,19,22,24,26,33H,1-2,8-9,11-14,16-17H2,(H,30,34);3,6,9,12,14,16,20H,1-2,4-5,7-8,10,18H2;1H4/t19?,24-,26-;19-,24+,26+;19-,24-,26-;14-,16-;/m1011./s1. The van der Waals surface area contributed by atoms with E-state index in [9.17, 15) is 34.8 Å². The third kappa shape index (κ3) is 27.9. The van der Waals surface area contributed by atoms with Gasteiger partial charge in [0.1, 0.15) is 41.3 Å². The molecule has 0 bridgehead atoms. The average molecular weight is 1880 g/mol. The number of aliphatic hydroxyl groups excluding tert-OH is 4. The van der Waals surface area contributed by atoms with Gasteiger partial charge in [-0.3, -0.25) is 14.4 Å². The van der Waals surface area contributed by atoms with Crippen molar-refractivity contribution in [3.63, 3.8) is 0 Å². The molecule has 3 amide bonds. The zero-order valence-electron chi connectivity index (χ0n) is 71.7. The number of nitrogens with zero attached hydrogens (tertiary/aromatic N) is 7. The van der Waals surface area contributed by atoms with E-state index in [1.807, 2.05) is 121 Å². The Hall–Kier alpha value is -6.78. The van der Waals surface area contributed by atoms with Gasteiger partial charge in [-0.15, -0.1) is 0 Å². The summed E-state index contributed by atoms with van der Waals surface area (Å²) >= 11 is 43.7. The molecule has 7 saturated heterocycles. The first kappa shape index (κ1) is 96.3. The normalized spacial score (nSPS) is 22.1. The first-order chi connectivity index (χ1) is 61.0. The van der Waals surface area contributed by atoms with Gasteiger partial charge in [0.15, 0.2) is 0 Å². The first-order valence-electron chi connectivity index (χ1n) is 45.7. The molecule has 4 saturated carbocycles. The molecular formula is C98H126Cl7N11O11. The van der Waals surface area contributed by atoms with Crippen LogP contribution in [0.3, 0.4) is 0 Å². The van der Waals surface area contributed by atoms with Crippen LogP contribution in [0.2, 0.25) is 35.2 Å². The maximum absolute atomic E-state index is 13.3. The fourth-order valence-electron chi connectivity index (χ4n) is 17.8. The zero-order valence-corrected chi connectivity index (χ0v) is 77.0. The van der Waals surface area contributed by atoms with E-state index in [2.05, 4.69) is 50.2 Å². The van der Waals surface area contributed by atoms with Gasteiger partial charge >= 0.3 is 0 Å². The second-order valence-corrected chi connectivity index (χ2v) is 39.0. The van der Waals surface area contributed by atoms with Crippen LogP contribution in [0.25, 0.3) is 0 Å². The molecule has 18 rings (SSSR count).